The summed E-state index contributed by atoms with van der Waals surface area (Å²) in [5.41, 5.74) is 0. The molecule has 6 heteroatoms. The predicted molar refractivity (Wildman–Crippen MR) is 77.7 cm³/mol. The van der Waals surface area contributed by atoms with E-state index in [2.05, 4.69) is 17.3 Å². The van der Waals surface area contributed by atoms with Gasteiger partial charge in [0, 0.05) is 19.6 Å². The summed E-state index contributed by atoms with van der Waals surface area (Å²) < 4.78 is 5.55. The molecule has 2 rings (SSSR count). The fraction of sp³-hybridized carbons (Fsp3) is 0.923. The standard InChI is InChI=1S/C13H25N3O2.ClH/c1-10-12(14-6-9-18-10)13(17)16(3)11-4-7-15(2)8-5-11;/h10-12,14H,4-9H2,1-3H3;1H/t10-,12+;/m1./s1. The number of likely N-dealkylation sites (N-methyl/N-ethyl adjacent to an activating group) is 1. The van der Waals surface area contributed by atoms with Gasteiger partial charge in [-0.3, -0.25) is 4.79 Å². The molecule has 0 bridgehead atoms. The molecule has 1 amide bonds. The first-order valence-corrected chi connectivity index (χ1v) is 6.90. The van der Waals surface area contributed by atoms with Gasteiger partial charge in [-0.25, -0.2) is 0 Å². The largest absolute Gasteiger partial charge is 0.375 e. The van der Waals surface area contributed by atoms with Gasteiger partial charge in [-0.15, -0.1) is 12.4 Å². The predicted octanol–water partition coefficient (Wildman–Crippen LogP) is 0.338. The number of carbonyl (C=O) groups is 1. The van der Waals surface area contributed by atoms with Crippen LogP contribution in [-0.4, -0.2) is 74.2 Å². The Labute approximate surface area is 122 Å². The second-order valence-electron chi connectivity index (χ2n) is 5.49. The van der Waals surface area contributed by atoms with Gasteiger partial charge in [0.2, 0.25) is 5.91 Å². The Kier molecular flexibility index (Phi) is 6.53. The van der Waals surface area contributed by atoms with Gasteiger partial charge < -0.3 is 19.9 Å². The normalized spacial score (nSPS) is 29.6. The van der Waals surface area contributed by atoms with Crippen molar-refractivity contribution in [2.45, 2.75) is 38.0 Å². The first-order valence-electron chi connectivity index (χ1n) is 6.90. The van der Waals surface area contributed by atoms with Gasteiger partial charge in [0.05, 0.1) is 12.7 Å². The number of carbonyl (C=O) groups excluding carboxylic acids is 1. The van der Waals surface area contributed by atoms with Crippen LogP contribution in [0.5, 0.6) is 0 Å². The fourth-order valence-electron chi connectivity index (χ4n) is 2.79. The molecule has 0 aliphatic carbocycles. The number of ether oxygens (including phenoxy) is 1. The van der Waals surface area contributed by atoms with Crippen molar-refractivity contribution in [2.75, 3.05) is 40.3 Å². The summed E-state index contributed by atoms with van der Waals surface area (Å²) >= 11 is 0. The lowest BCUT2D eigenvalue weighted by Gasteiger charge is -2.38. The lowest BCUT2D eigenvalue weighted by atomic mass is 10.0. The molecule has 19 heavy (non-hydrogen) atoms. The van der Waals surface area contributed by atoms with Crippen molar-refractivity contribution in [3.05, 3.63) is 0 Å². The molecule has 0 aromatic carbocycles. The zero-order valence-electron chi connectivity index (χ0n) is 12.1. The van der Waals surface area contributed by atoms with Gasteiger partial charge in [0.1, 0.15) is 6.04 Å². The van der Waals surface area contributed by atoms with E-state index in [1.54, 1.807) is 0 Å². The van der Waals surface area contributed by atoms with Crippen molar-refractivity contribution in [1.29, 1.82) is 0 Å². The van der Waals surface area contributed by atoms with Crippen LogP contribution in [0.3, 0.4) is 0 Å². The first kappa shape index (κ1) is 16.7. The van der Waals surface area contributed by atoms with Crippen LogP contribution in [0.1, 0.15) is 19.8 Å². The fourth-order valence-corrected chi connectivity index (χ4v) is 2.79. The summed E-state index contributed by atoms with van der Waals surface area (Å²) in [6.07, 6.45) is 2.11. The van der Waals surface area contributed by atoms with Crippen LogP contribution in [0.25, 0.3) is 0 Å². The van der Waals surface area contributed by atoms with Crippen molar-refractivity contribution < 1.29 is 9.53 Å². The van der Waals surface area contributed by atoms with Gasteiger partial charge in [0.25, 0.3) is 0 Å². The van der Waals surface area contributed by atoms with E-state index in [0.717, 1.165) is 32.5 Å². The Balaban J connectivity index is 0.00000180. The highest BCUT2D eigenvalue weighted by Gasteiger charge is 2.33. The Hall–Kier alpha value is -0.360. The minimum absolute atomic E-state index is 0. The number of hydrogen-bond acceptors (Lipinski definition) is 4. The maximum atomic E-state index is 12.5. The molecule has 0 aromatic heterocycles. The highest BCUT2D eigenvalue weighted by molar-refractivity contribution is 5.85. The van der Waals surface area contributed by atoms with Crippen LogP contribution in [0.4, 0.5) is 0 Å². The number of nitrogens with one attached hydrogen (secondary N) is 1. The number of halogens is 1. The average molecular weight is 292 g/mol. The van der Waals surface area contributed by atoms with E-state index in [9.17, 15) is 4.79 Å². The van der Waals surface area contributed by atoms with Gasteiger partial charge in [-0.05, 0) is 39.9 Å². The molecular formula is C13H26ClN3O2. The number of likely N-dealkylation sites (tertiary alicyclic amines) is 1. The molecule has 0 aromatic rings. The zero-order valence-corrected chi connectivity index (χ0v) is 12.9. The summed E-state index contributed by atoms with van der Waals surface area (Å²) in [5, 5.41) is 3.27. The highest BCUT2D eigenvalue weighted by Crippen LogP contribution is 2.16. The van der Waals surface area contributed by atoms with Gasteiger partial charge >= 0.3 is 0 Å². The number of morpholine rings is 1. The van der Waals surface area contributed by atoms with Crippen molar-refractivity contribution >= 4 is 18.3 Å². The molecule has 2 saturated heterocycles. The van der Waals surface area contributed by atoms with Crippen molar-refractivity contribution in [1.82, 2.24) is 15.1 Å². The van der Waals surface area contributed by atoms with E-state index in [-0.39, 0.29) is 30.5 Å². The molecule has 2 heterocycles. The van der Waals surface area contributed by atoms with Gasteiger partial charge in [-0.1, -0.05) is 0 Å². The molecule has 0 unspecified atom stereocenters. The lowest BCUT2D eigenvalue weighted by Crippen LogP contribution is -2.58. The molecule has 0 spiro atoms. The van der Waals surface area contributed by atoms with E-state index >= 15 is 0 Å². The molecular weight excluding hydrogens is 266 g/mol. The first-order chi connectivity index (χ1) is 8.59. The SMILES string of the molecule is C[C@H]1OCCN[C@@H]1C(=O)N(C)C1CCN(C)CC1.Cl. The van der Waals surface area contributed by atoms with Crippen molar-refractivity contribution in [3.8, 4) is 0 Å². The molecule has 1 N–H and O–H groups in total. The van der Waals surface area contributed by atoms with E-state index in [0.29, 0.717) is 12.6 Å². The van der Waals surface area contributed by atoms with Crippen molar-refractivity contribution in [3.63, 3.8) is 0 Å². The van der Waals surface area contributed by atoms with E-state index in [4.69, 9.17) is 4.74 Å². The molecule has 2 aliphatic heterocycles. The average Bonchev–Trinajstić information content (AvgIpc) is 2.38. The number of amides is 1. The van der Waals surface area contributed by atoms with Gasteiger partial charge in [-0.2, -0.15) is 0 Å². The smallest absolute Gasteiger partial charge is 0.242 e. The summed E-state index contributed by atoms with van der Waals surface area (Å²) in [5.74, 6) is 0.178. The summed E-state index contributed by atoms with van der Waals surface area (Å²) in [6.45, 7) is 5.58. The topological polar surface area (TPSA) is 44.8 Å². The third kappa shape index (κ3) is 4.05. The molecule has 2 fully saturated rings. The second kappa shape index (κ2) is 7.43. The zero-order chi connectivity index (χ0) is 13.1. The van der Waals surface area contributed by atoms with Crippen LogP contribution in [-0.2, 0) is 9.53 Å². The summed E-state index contributed by atoms with van der Waals surface area (Å²) in [4.78, 5) is 16.7. The minimum atomic E-state index is -0.177. The number of hydrogen-bond donors (Lipinski definition) is 1. The Morgan fingerprint density at radius 3 is 2.58 bits per heavy atom. The van der Waals surface area contributed by atoms with Crippen LogP contribution in [0, 0.1) is 0 Å². The van der Waals surface area contributed by atoms with Crippen LogP contribution in [0.15, 0.2) is 0 Å². The molecule has 112 valence electrons. The van der Waals surface area contributed by atoms with E-state index in [1.807, 2.05) is 18.9 Å². The molecule has 0 saturated carbocycles. The monoisotopic (exact) mass is 291 g/mol. The minimum Gasteiger partial charge on any atom is -0.375 e. The van der Waals surface area contributed by atoms with Crippen molar-refractivity contribution in [2.24, 2.45) is 0 Å². The van der Waals surface area contributed by atoms with E-state index < -0.39 is 0 Å². The third-order valence-corrected chi connectivity index (χ3v) is 4.17. The second-order valence-corrected chi connectivity index (χ2v) is 5.49. The third-order valence-electron chi connectivity index (χ3n) is 4.17. The Morgan fingerprint density at radius 1 is 1.37 bits per heavy atom. The summed E-state index contributed by atoms with van der Waals surface area (Å²) in [6, 6.07) is 0.202. The quantitative estimate of drug-likeness (QED) is 0.797. The molecule has 2 atom stereocenters. The highest BCUT2D eigenvalue weighted by atomic mass is 35.5. The lowest BCUT2D eigenvalue weighted by molar-refractivity contribution is -0.141. The molecule has 5 nitrogen and oxygen atoms in total. The number of nitrogens with zero attached hydrogens (tertiary/aromatic N) is 2. The van der Waals surface area contributed by atoms with Crippen LogP contribution < -0.4 is 5.32 Å². The maximum absolute atomic E-state index is 12.5. The van der Waals surface area contributed by atoms with E-state index in [1.165, 1.54) is 0 Å². The Morgan fingerprint density at radius 2 is 2.00 bits per heavy atom. The number of piperidine rings is 1. The molecule has 2 aliphatic rings. The van der Waals surface area contributed by atoms with Gasteiger partial charge in [0.15, 0.2) is 0 Å². The van der Waals surface area contributed by atoms with Crippen LogP contribution in [0.2, 0.25) is 0 Å². The summed E-state index contributed by atoms with van der Waals surface area (Å²) in [7, 11) is 4.07. The maximum Gasteiger partial charge on any atom is 0.242 e. The number of rotatable bonds is 2. The molecule has 0 radical (unpaired) electrons. The van der Waals surface area contributed by atoms with Crippen LogP contribution >= 0.6 is 12.4 Å². The Bertz CT molecular complexity index is 296.